The zero-order valence-corrected chi connectivity index (χ0v) is 12.8. The highest BCUT2D eigenvalue weighted by Crippen LogP contribution is 2.58. The fraction of sp³-hybridized carbons (Fsp3) is 0.571. The SMILES string of the molecule is Cc1cc(Cl)nc(Cl)c1NC(=O)C1CC12CCNCC2. The first kappa shape index (κ1) is 14.1. The number of piperidine rings is 1. The van der Waals surface area contributed by atoms with E-state index < -0.39 is 0 Å². The Morgan fingerprint density at radius 1 is 1.45 bits per heavy atom. The van der Waals surface area contributed by atoms with E-state index in [-0.39, 0.29) is 22.4 Å². The van der Waals surface area contributed by atoms with Crippen LogP contribution in [0, 0.1) is 18.3 Å². The molecular formula is C14H17Cl2N3O. The van der Waals surface area contributed by atoms with E-state index in [1.165, 1.54) is 0 Å². The third kappa shape index (κ3) is 2.52. The smallest absolute Gasteiger partial charge is 0.228 e. The maximum atomic E-state index is 12.4. The molecule has 1 aromatic rings. The first-order chi connectivity index (χ1) is 9.52. The second kappa shape index (κ2) is 5.17. The summed E-state index contributed by atoms with van der Waals surface area (Å²) in [7, 11) is 0. The molecule has 0 aromatic carbocycles. The van der Waals surface area contributed by atoms with Crippen LogP contribution in [-0.4, -0.2) is 24.0 Å². The van der Waals surface area contributed by atoms with Gasteiger partial charge in [-0.1, -0.05) is 23.2 Å². The predicted molar refractivity (Wildman–Crippen MR) is 80.3 cm³/mol. The molecule has 1 aliphatic heterocycles. The summed E-state index contributed by atoms with van der Waals surface area (Å²) in [5, 5.41) is 6.86. The number of pyridine rings is 1. The zero-order valence-electron chi connectivity index (χ0n) is 11.3. The number of nitrogens with one attached hydrogen (secondary N) is 2. The number of anilines is 1. The van der Waals surface area contributed by atoms with Gasteiger partial charge in [0.1, 0.15) is 5.15 Å². The van der Waals surface area contributed by atoms with Crippen LogP contribution in [0.5, 0.6) is 0 Å². The molecule has 1 amide bonds. The molecule has 1 atom stereocenters. The van der Waals surface area contributed by atoms with Crippen LogP contribution >= 0.6 is 23.2 Å². The molecule has 0 bridgehead atoms. The molecule has 1 aromatic heterocycles. The van der Waals surface area contributed by atoms with Gasteiger partial charge < -0.3 is 10.6 Å². The van der Waals surface area contributed by atoms with Crippen molar-refractivity contribution in [2.24, 2.45) is 11.3 Å². The van der Waals surface area contributed by atoms with Crippen molar-refractivity contribution in [2.75, 3.05) is 18.4 Å². The van der Waals surface area contributed by atoms with Crippen LogP contribution in [0.4, 0.5) is 5.69 Å². The van der Waals surface area contributed by atoms with E-state index in [0.29, 0.717) is 10.8 Å². The third-order valence-corrected chi connectivity index (χ3v) is 4.96. The molecule has 3 rings (SSSR count). The number of aromatic nitrogens is 1. The number of nitrogens with zero attached hydrogens (tertiary/aromatic N) is 1. The van der Waals surface area contributed by atoms with Gasteiger partial charge >= 0.3 is 0 Å². The van der Waals surface area contributed by atoms with Gasteiger partial charge in [-0.25, -0.2) is 4.98 Å². The Hall–Kier alpha value is -0.840. The molecule has 2 heterocycles. The number of amides is 1. The Bertz CT molecular complexity index is 532. The topological polar surface area (TPSA) is 54.0 Å². The molecule has 2 fully saturated rings. The van der Waals surface area contributed by atoms with Gasteiger partial charge in [0.2, 0.25) is 5.91 Å². The van der Waals surface area contributed by atoms with Crippen molar-refractivity contribution in [3.63, 3.8) is 0 Å². The highest BCUT2D eigenvalue weighted by Gasteiger charge is 2.57. The molecule has 108 valence electrons. The van der Waals surface area contributed by atoms with Gasteiger partial charge in [-0.05, 0) is 56.3 Å². The highest BCUT2D eigenvalue weighted by atomic mass is 35.5. The summed E-state index contributed by atoms with van der Waals surface area (Å²) < 4.78 is 0. The monoisotopic (exact) mass is 313 g/mol. The maximum absolute atomic E-state index is 12.4. The second-order valence-electron chi connectivity index (χ2n) is 5.79. The highest BCUT2D eigenvalue weighted by molar-refractivity contribution is 6.34. The lowest BCUT2D eigenvalue weighted by molar-refractivity contribution is -0.118. The summed E-state index contributed by atoms with van der Waals surface area (Å²) in [5.74, 6) is 0.164. The first-order valence-corrected chi connectivity index (χ1v) is 7.62. The lowest BCUT2D eigenvalue weighted by Crippen LogP contribution is -2.31. The number of rotatable bonds is 2. The Kier molecular flexibility index (Phi) is 3.65. The van der Waals surface area contributed by atoms with E-state index >= 15 is 0 Å². The minimum atomic E-state index is 0.0565. The predicted octanol–water partition coefficient (Wildman–Crippen LogP) is 3.03. The van der Waals surface area contributed by atoms with Crippen molar-refractivity contribution in [1.82, 2.24) is 10.3 Å². The van der Waals surface area contributed by atoms with Crippen LogP contribution in [0.25, 0.3) is 0 Å². The fourth-order valence-corrected chi connectivity index (χ4v) is 3.73. The maximum Gasteiger partial charge on any atom is 0.228 e. The lowest BCUT2D eigenvalue weighted by atomic mass is 9.92. The van der Waals surface area contributed by atoms with Crippen molar-refractivity contribution in [1.29, 1.82) is 0 Å². The van der Waals surface area contributed by atoms with Crippen molar-refractivity contribution < 1.29 is 4.79 Å². The van der Waals surface area contributed by atoms with Crippen LogP contribution in [-0.2, 0) is 4.79 Å². The number of halogens is 2. The van der Waals surface area contributed by atoms with E-state index in [1.54, 1.807) is 6.07 Å². The van der Waals surface area contributed by atoms with E-state index in [1.807, 2.05) is 6.92 Å². The van der Waals surface area contributed by atoms with Crippen LogP contribution in [0.1, 0.15) is 24.8 Å². The lowest BCUT2D eigenvalue weighted by Gasteiger charge is -2.23. The second-order valence-corrected chi connectivity index (χ2v) is 6.53. The fourth-order valence-electron chi connectivity index (χ4n) is 3.15. The van der Waals surface area contributed by atoms with Gasteiger partial charge in [0.25, 0.3) is 0 Å². The number of hydrogen-bond donors (Lipinski definition) is 2. The summed E-state index contributed by atoms with van der Waals surface area (Å²) in [6.45, 7) is 3.88. The molecule has 2 N–H and O–H groups in total. The molecule has 20 heavy (non-hydrogen) atoms. The summed E-state index contributed by atoms with van der Waals surface area (Å²) in [6, 6.07) is 1.70. The Morgan fingerprint density at radius 2 is 2.15 bits per heavy atom. The summed E-state index contributed by atoms with van der Waals surface area (Å²) >= 11 is 11.9. The number of hydrogen-bond acceptors (Lipinski definition) is 3. The zero-order chi connectivity index (χ0) is 14.3. The number of carbonyl (C=O) groups excluding carboxylic acids is 1. The molecule has 0 radical (unpaired) electrons. The van der Waals surface area contributed by atoms with E-state index in [9.17, 15) is 4.79 Å². The number of aryl methyl sites for hydroxylation is 1. The third-order valence-electron chi connectivity index (χ3n) is 4.49. The van der Waals surface area contributed by atoms with Crippen LogP contribution in [0.2, 0.25) is 10.3 Å². The molecule has 2 aliphatic rings. The minimum absolute atomic E-state index is 0.0565. The molecular weight excluding hydrogens is 297 g/mol. The summed E-state index contributed by atoms with van der Waals surface area (Å²) in [4.78, 5) is 16.4. The first-order valence-electron chi connectivity index (χ1n) is 6.86. The molecule has 1 unspecified atom stereocenters. The Balaban J connectivity index is 1.72. The van der Waals surface area contributed by atoms with Gasteiger partial charge in [0, 0.05) is 5.92 Å². The average Bonchev–Trinajstić information content (AvgIpc) is 3.08. The molecule has 1 saturated heterocycles. The van der Waals surface area contributed by atoms with Crippen molar-refractivity contribution in [2.45, 2.75) is 26.2 Å². The standard InChI is InChI=1S/C14H17Cl2N3O/c1-8-6-10(15)18-12(16)11(8)19-13(20)9-7-14(9)2-4-17-5-3-14/h6,9,17H,2-5,7H2,1H3,(H,19,20). The van der Waals surface area contributed by atoms with Gasteiger partial charge in [0.15, 0.2) is 5.15 Å². The molecule has 4 nitrogen and oxygen atoms in total. The van der Waals surface area contributed by atoms with Crippen LogP contribution < -0.4 is 10.6 Å². The normalized spacial score (nSPS) is 23.6. The van der Waals surface area contributed by atoms with Crippen molar-refractivity contribution >= 4 is 34.8 Å². The van der Waals surface area contributed by atoms with Gasteiger partial charge in [-0.3, -0.25) is 4.79 Å². The largest absolute Gasteiger partial charge is 0.323 e. The molecule has 6 heteroatoms. The Labute approximate surface area is 128 Å². The van der Waals surface area contributed by atoms with Crippen molar-refractivity contribution in [3.8, 4) is 0 Å². The average molecular weight is 314 g/mol. The van der Waals surface area contributed by atoms with E-state index in [4.69, 9.17) is 23.2 Å². The van der Waals surface area contributed by atoms with Gasteiger partial charge in [0.05, 0.1) is 5.69 Å². The quantitative estimate of drug-likeness (QED) is 0.825. The van der Waals surface area contributed by atoms with E-state index in [0.717, 1.165) is 37.9 Å². The van der Waals surface area contributed by atoms with Crippen LogP contribution in [0.3, 0.4) is 0 Å². The van der Waals surface area contributed by atoms with Gasteiger partial charge in [-0.15, -0.1) is 0 Å². The summed E-state index contributed by atoms with van der Waals surface area (Å²) in [5.41, 5.74) is 1.63. The molecule has 1 spiro atoms. The molecule has 1 saturated carbocycles. The van der Waals surface area contributed by atoms with Crippen LogP contribution in [0.15, 0.2) is 6.07 Å². The molecule has 1 aliphatic carbocycles. The number of carbonyl (C=O) groups is 1. The summed E-state index contributed by atoms with van der Waals surface area (Å²) in [6.07, 6.45) is 3.14. The van der Waals surface area contributed by atoms with Gasteiger partial charge in [-0.2, -0.15) is 0 Å². The minimum Gasteiger partial charge on any atom is -0.323 e. The Morgan fingerprint density at radius 3 is 2.80 bits per heavy atom. The van der Waals surface area contributed by atoms with Crippen molar-refractivity contribution in [3.05, 3.63) is 21.9 Å². The van der Waals surface area contributed by atoms with E-state index in [2.05, 4.69) is 15.6 Å².